The van der Waals surface area contributed by atoms with Crippen molar-refractivity contribution in [2.24, 2.45) is 28.3 Å². The topological polar surface area (TPSA) is 123 Å². The molecule has 0 atom stereocenters. The number of methoxy groups -OCH3 is 1. The second-order valence-electron chi connectivity index (χ2n) is 12.2. The van der Waals surface area contributed by atoms with Gasteiger partial charge in [-0.1, -0.05) is 18.2 Å². The van der Waals surface area contributed by atoms with Crippen molar-refractivity contribution in [2.45, 2.75) is 38.5 Å². The molecule has 1 saturated heterocycles. The average Bonchev–Trinajstić information content (AvgIpc) is 3.02. The predicted octanol–water partition coefficient (Wildman–Crippen LogP) is 5.03. The van der Waals surface area contributed by atoms with Crippen molar-refractivity contribution in [1.82, 2.24) is 15.0 Å². The summed E-state index contributed by atoms with van der Waals surface area (Å²) in [5.74, 6) is 4.11. The number of para-hydroxylation sites is 1. The fraction of sp³-hybridized carbons (Fsp3) is 0.469. The SMILES string of the molecule is COc1cc(/C=N\Nc2nc(Nc3ccccc3)nc(N3CCOCC3)n2)ccc1OC(=O)C12CC3CC(CC(C3)C1)C2. The minimum Gasteiger partial charge on any atom is -0.493 e. The summed E-state index contributed by atoms with van der Waals surface area (Å²) in [6.07, 6.45) is 8.37. The Balaban J connectivity index is 1.05. The molecule has 3 aromatic rings. The summed E-state index contributed by atoms with van der Waals surface area (Å²) in [7, 11) is 1.58. The number of rotatable bonds is 9. The van der Waals surface area contributed by atoms with E-state index in [1.54, 1.807) is 19.4 Å². The van der Waals surface area contributed by atoms with Gasteiger partial charge in [0.05, 0.1) is 32.0 Å². The van der Waals surface area contributed by atoms with E-state index in [1.165, 1.54) is 19.3 Å². The quantitative estimate of drug-likeness (QED) is 0.153. The first kappa shape index (κ1) is 27.6. The van der Waals surface area contributed by atoms with Gasteiger partial charge in [0, 0.05) is 18.8 Å². The van der Waals surface area contributed by atoms with Gasteiger partial charge in [0.15, 0.2) is 11.5 Å². The van der Waals surface area contributed by atoms with Gasteiger partial charge >= 0.3 is 5.97 Å². The Kier molecular flexibility index (Phi) is 7.56. The largest absolute Gasteiger partial charge is 0.493 e. The summed E-state index contributed by atoms with van der Waals surface area (Å²) < 4.78 is 17.1. The van der Waals surface area contributed by atoms with Crippen LogP contribution in [0.3, 0.4) is 0 Å². The third-order valence-electron chi connectivity index (χ3n) is 9.19. The lowest BCUT2D eigenvalue weighted by Gasteiger charge is -2.55. The predicted molar refractivity (Wildman–Crippen MR) is 163 cm³/mol. The number of carbonyl (C=O) groups is 1. The number of anilines is 4. The number of carbonyl (C=O) groups excluding carboxylic acids is 1. The molecule has 11 heteroatoms. The minimum atomic E-state index is -0.331. The molecule has 4 aliphatic carbocycles. The first-order valence-electron chi connectivity index (χ1n) is 15.2. The third kappa shape index (κ3) is 5.99. The number of morpholine rings is 1. The first-order valence-corrected chi connectivity index (χ1v) is 15.2. The Morgan fingerprint density at radius 1 is 0.953 bits per heavy atom. The summed E-state index contributed by atoms with van der Waals surface area (Å²) >= 11 is 0. The fourth-order valence-corrected chi connectivity index (χ4v) is 7.61. The molecule has 1 aromatic heterocycles. The zero-order valence-electron chi connectivity index (χ0n) is 24.4. The Morgan fingerprint density at radius 3 is 2.35 bits per heavy atom. The van der Waals surface area contributed by atoms with Crippen molar-refractivity contribution in [3.8, 4) is 11.5 Å². The van der Waals surface area contributed by atoms with Crippen LogP contribution in [0.2, 0.25) is 0 Å². The van der Waals surface area contributed by atoms with E-state index >= 15 is 0 Å². The number of esters is 1. The van der Waals surface area contributed by atoms with Crippen LogP contribution in [0.15, 0.2) is 53.6 Å². The Labute approximate surface area is 251 Å². The Bertz CT molecular complexity index is 1460. The minimum absolute atomic E-state index is 0.0983. The van der Waals surface area contributed by atoms with Crippen LogP contribution in [-0.4, -0.2) is 60.5 Å². The Hall–Kier alpha value is -4.25. The van der Waals surface area contributed by atoms with Crippen LogP contribution in [0.5, 0.6) is 11.5 Å². The smallest absolute Gasteiger partial charge is 0.317 e. The van der Waals surface area contributed by atoms with E-state index in [-0.39, 0.29) is 11.4 Å². The molecule has 2 aromatic carbocycles. The number of hydrazone groups is 1. The second-order valence-corrected chi connectivity index (χ2v) is 12.2. The van der Waals surface area contributed by atoms with E-state index in [0.29, 0.717) is 73.4 Å². The van der Waals surface area contributed by atoms with Crippen molar-refractivity contribution in [3.05, 3.63) is 54.1 Å². The van der Waals surface area contributed by atoms with E-state index in [0.717, 1.165) is 30.5 Å². The number of aromatic nitrogens is 3. The highest BCUT2D eigenvalue weighted by Gasteiger charge is 2.55. The highest BCUT2D eigenvalue weighted by molar-refractivity contribution is 5.83. The molecule has 11 nitrogen and oxygen atoms in total. The van der Waals surface area contributed by atoms with Crippen molar-refractivity contribution in [3.63, 3.8) is 0 Å². The molecule has 8 rings (SSSR count). The van der Waals surface area contributed by atoms with Gasteiger partial charge in [-0.3, -0.25) is 4.79 Å². The molecular formula is C32H37N7O4. The van der Waals surface area contributed by atoms with Crippen LogP contribution in [0, 0.1) is 23.2 Å². The van der Waals surface area contributed by atoms with Gasteiger partial charge < -0.3 is 24.4 Å². The number of nitrogens with zero attached hydrogens (tertiary/aromatic N) is 5. The lowest BCUT2D eigenvalue weighted by molar-refractivity contribution is -0.161. The molecule has 0 radical (unpaired) electrons. The molecule has 43 heavy (non-hydrogen) atoms. The van der Waals surface area contributed by atoms with Gasteiger partial charge in [-0.05, 0) is 92.2 Å². The van der Waals surface area contributed by atoms with Crippen LogP contribution in [-0.2, 0) is 9.53 Å². The first-order chi connectivity index (χ1) is 21.0. The van der Waals surface area contributed by atoms with E-state index in [2.05, 4.69) is 35.7 Å². The zero-order valence-corrected chi connectivity index (χ0v) is 24.4. The second kappa shape index (κ2) is 11.8. The zero-order chi connectivity index (χ0) is 29.2. The number of hydrogen-bond acceptors (Lipinski definition) is 11. The van der Waals surface area contributed by atoms with Crippen LogP contribution < -0.4 is 25.1 Å². The van der Waals surface area contributed by atoms with Gasteiger partial charge in [0.25, 0.3) is 0 Å². The van der Waals surface area contributed by atoms with Crippen molar-refractivity contribution >= 4 is 35.7 Å². The number of ether oxygens (including phenoxy) is 3. The Morgan fingerprint density at radius 2 is 1.65 bits per heavy atom. The van der Waals surface area contributed by atoms with E-state index in [1.807, 2.05) is 42.5 Å². The van der Waals surface area contributed by atoms with Gasteiger partial charge in [-0.25, -0.2) is 5.43 Å². The van der Waals surface area contributed by atoms with E-state index < -0.39 is 0 Å². The van der Waals surface area contributed by atoms with Crippen LogP contribution in [0.1, 0.15) is 44.1 Å². The maximum absolute atomic E-state index is 13.5. The van der Waals surface area contributed by atoms with Crippen molar-refractivity contribution in [2.75, 3.05) is 49.1 Å². The maximum atomic E-state index is 13.5. The van der Waals surface area contributed by atoms with Crippen LogP contribution >= 0.6 is 0 Å². The molecule has 0 spiro atoms. The molecular weight excluding hydrogens is 546 g/mol. The molecule has 1 aliphatic heterocycles. The molecule has 4 bridgehead atoms. The van der Waals surface area contributed by atoms with Crippen molar-refractivity contribution < 1.29 is 19.0 Å². The molecule has 5 aliphatic rings. The van der Waals surface area contributed by atoms with Gasteiger partial charge in [0.2, 0.25) is 17.8 Å². The normalized spacial score (nSPS) is 26.0. The molecule has 224 valence electrons. The summed E-state index contributed by atoms with van der Waals surface area (Å²) in [5, 5.41) is 7.62. The van der Waals surface area contributed by atoms with Crippen LogP contribution in [0.4, 0.5) is 23.5 Å². The molecule has 4 saturated carbocycles. The summed E-state index contributed by atoms with van der Waals surface area (Å²) in [5.41, 5.74) is 4.25. The van der Waals surface area contributed by atoms with Crippen LogP contribution in [0.25, 0.3) is 0 Å². The molecule has 0 amide bonds. The summed E-state index contributed by atoms with van der Waals surface area (Å²) in [6.45, 7) is 2.61. The third-order valence-corrected chi connectivity index (χ3v) is 9.19. The monoisotopic (exact) mass is 583 g/mol. The number of benzene rings is 2. The molecule has 0 unspecified atom stereocenters. The van der Waals surface area contributed by atoms with Crippen molar-refractivity contribution in [1.29, 1.82) is 0 Å². The number of nitrogens with one attached hydrogen (secondary N) is 2. The fourth-order valence-electron chi connectivity index (χ4n) is 7.61. The lowest BCUT2D eigenvalue weighted by atomic mass is 9.49. The molecule has 2 heterocycles. The van der Waals surface area contributed by atoms with Gasteiger partial charge in [0.1, 0.15) is 0 Å². The molecule has 2 N–H and O–H groups in total. The highest BCUT2D eigenvalue weighted by Crippen LogP contribution is 2.60. The number of hydrogen-bond donors (Lipinski definition) is 2. The highest BCUT2D eigenvalue weighted by atomic mass is 16.6. The summed E-state index contributed by atoms with van der Waals surface area (Å²) in [4.78, 5) is 29.3. The van der Waals surface area contributed by atoms with Gasteiger partial charge in [-0.15, -0.1) is 0 Å². The van der Waals surface area contributed by atoms with E-state index in [4.69, 9.17) is 14.2 Å². The van der Waals surface area contributed by atoms with Gasteiger partial charge in [-0.2, -0.15) is 20.1 Å². The average molecular weight is 584 g/mol. The molecule has 5 fully saturated rings. The lowest BCUT2D eigenvalue weighted by Crippen LogP contribution is -2.51. The van der Waals surface area contributed by atoms with E-state index in [9.17, 15) is 4.79 Å². The standard InChI is InChI=1S/C32H37N7O4/c1-41-27-16-21(7-8-26(27)43-28(40)32-17-22-13-23(18-32)15-24(14-22)19-32)20-33-38-30-35-29(34-25-5-3-2-4-6-25)36-31(37-30)39-9-11-42-12-10-39/h2-8,16,20,22-24H,9-15,17-19H2,1H3,(H2,34,35,36,37,38)/b33-20-. The maximum Gasteiger partial charge on any atom is 0.317 e. The summed E-state index contributed by atoms with van der Waals surface area (Å²) in [6, 6.07) is 15.2.